The highest BCUT2D eigenvalue weighted by Crippen LogP contribution is 2.58. The van der Waals surface area contributed by atoms with Gasteiger partial charge in [0.25, 0.3) is 0 Å². The van der Waals surface area contributed by atoms with E-state index in [0.29, 0.717) is 11.8 Å². The van der Waals surface area contributed by atoms with Crippen molar-refractivity contribution >= 4 is 0 Å². The molecule has 0 saturated heterocycles. The third kappa shape index (κ3) is 10.9. The molecule has 4 aromatic carbocycles. The topological polar surface area (TPSA) is 48.2 Å². The van der Waals surface area contributed by atoms with Crippen molar-refractivity contribution < 1.29 is 9.15 Å². The molecule has 6 rings (SSSR count). The van der Waals surface area contributed by atoms with Gasteiger partial charge in [0.15, 0.2) is 0 Å². The molecule has 0 aliphatic heterocycles. The van der Waals surface area contributed by atoms with Crippen molar-refractivity contribution in [2.75, 3.05) is 6.61 Å². The molecule has 0 spiro atoms. The van der Waals surface area contributed by atoms with E-state index in [9.17, 15) is 0 Å². The summed E-state index contributed by atoms with van der Waals surface area (Å²) in [4.78, 5) is 0. The van der Waals surface area contributed by atoms with Gasteiger partial charge >= 0.3 is 0 Å². The minimum atomic E-state index is -0.0597. The molecule has 57 heavy (non-hydrogen) atoms. The Morgan fingerprint density at radius 2 is 1.02 bits per heavy atom. The van der Waals surface area contributed by atoms with Gasteiger partial charge in [-0.15, -0.1) is 10.2 Å². The van der Waals surface area contributed by atoms with Gasteiger partial charge in [-0.3, -0.25) is 0 Å². The monoisotopic (exact) mass is 767 g/mol. The van der Waals surface area contributed by atoms with Gasteiger partial charge < -0.3 is 9.15 Å². The summed E-state index contributed by atoms with van der Waals surface area (Å²) in [5.74, 6) is 2.00. The summed E-state index contributed by atoms with van der Waals surface area (Å²) < 4.78 is 12.8. The maximum atomic E-state index is 6.69. The van der Waals surface area contributed by atoms with E-state index in [4.69, 9.17) is 14.3 Å². The lowest BCUT2D eigenvalue weighted by Crippen LogP contribution is -2.26. The molecule has 0 unspecified atom stereocenters. The smallest absolute Gasteiger partial charge is 0.248 e. The number of aromatic nitrogens is 2. The third-order valence-corrected chi connectivity index (χ3v) is 12.4. The summed E-state index contributed by atoms with van der Waals surface area (Å²) in [6.45, 7) is 12.1. The molecule has 1 aliphatic carbocycles. The van der Waals surface area contributed by atoms with Crippen LogP contribution in [0, 0.1) is 13.8 Å². The number of hydrogen-bond acceptors (Lipinski definition) is 4. The van der Waals surface area contributed by atoms with Crippen molar-refractivity contribution in [3.8, 4) is 50.9 Å². The molecule has 0 bridgehead atoms. The molecule has 1 aromatic heterocycles. The average Bonchev–Trinajstić information content (AvgIpc) is 3.82. The average molecular weight is 767 g/mol. The first kappa shape index (κ1) is 42.4. The molecule has 0 N–H and O–H groups in total. The quantitative estimate of drug-likeness (QED) is 0.0555. The van der Waals surface area contributed by atoms with Crippen molar-refractivity contribution in [2.45, 2.75) is 168 Å². The van der Waals surface area contributed by atoms with Gasteiger partial charge in [0.2, 0.25) is 11.8 Å². The highest BCUT2D eigenvalue weighted by atomic mass is 16.5. The van der Waals surface area contributed by atoms with Crippen LogP contribution in [0.25, 0.3) is 45.2 Å². The fourth-order valence-corrected chi connectivity index (χ4v) is 9.10. The number of ether oxygens (including phenoxy) is 1. The number of nitrogens with zero attached hydrogens (tertiary/aromatic N) is 2. The predicted molar refractivity (Wildman–Crippen MR) is 241 cm³/mol. The Kier molecular flexibility index (Phi) is 16.0. The van der Waals surface area contributed by atoms with Gasteiger partial charge in [-0.2, -0.15) is 0 Å². The molecule has 4 nitrogen and oxygen atoms in total. The van der Waals surface area contributed by atoms with Gasteiger partial charge in [0, 0.05) is 16.5 Å². The van der Waals surface area contributed by atoms with Crippen molar-refractivity contribution in [1.29, 1.82) is 0 Å². The fourth-order valence-electron chi connectivity index (χ4n) is 9.10. The molecule has 5 aromatic rings. The SMILES string of the molecule is CCCCCCCCOc1ccc(-c2nnc(-c3cc(-c4ccc(C)cc4)cc4c3-c3ccc(C)cc3C4(CCCCCCCC)CCCCCCCC)o2)cc1. The second-order valence-corrected chi connectivity index (χ2v) is 17.0. The lowest BCUT2D eigenvalue weighted by molar-refractivity contribution is 0.304. The van der Waals surface area contributed by atoms with Crippen LogP contribution in [0.3, 0.4) is 0 Å². The molecule has 0 atom stereocenters. The number of hydrogen-bond donors (Lipinski definition) is 0. The van der Waals surface area contributed by atoms with Gasteiger partial charge in [0.05, 0.1) is 6.61 Å². The van der Waals surface area contributed by atoms with Crippen molar-refractivity contribution in [3.05, 3.63) is 101 Å². The summed E-state index contributed by atoms with van der Waals surface area (Å²) in [5, 5.41) is 9.46. The molecule has 0 amide bonds. The van der Waals surface area contributed by atoms with Crippen LogP contribution in [-0.2, 0) is 5.41 Å². The highest BCUT2D eigenvalue weighted by molar-refractivity contribution is 5.94. The highest BCUT2D eigenvalue weighted by Gasteiger charge is 2.44. The van der Waals surface area contributed by atoms with Crippen molar-refractivity contribution in [2.24, 2.45) is 0 Å². The first-order valence-corrected chi connectivity index (χ1v) is 22.9. The van der Waals surface area contributed by atoms with E-state index in [1.807, 2.05) is 24.3 Å². The fraction of sp³-hybridized carbons (Fsp3) is 0.509. The molecule has 1 aliphatic rings. The Morgan fingerprint density at radius 1 is 0.474 bits per heavy atom. The molecule has 0 saturated carbocycles. The van der Waals surface area contributed by atoms with E-state index >= 15 is 0 Å². The number of benzene rings is 4. The molecule has 1 heterocycles. The van der Waals surface area contributed by atoms with E-state index in [2.05, 4.69) is 94.3 Å². The summed E-state index contributed by atoms with van der Waals surface area (Å²) in [6, 6.07) is 29.2. The van der Waals surface area contributed by atoms with Crippen LogP contribution in [0.2, 0.25) is 0 Å². The standard InChI is InChI=1S/C53H70N2O2/c1-6-9-12-15-18-21-34-53(35-22-19-16-13-10-7-2)48-37-41(5)26-33-46(48)50-47(38-44(39-49(50)53)42-27-24-40(4)25-28-42)52-55-54-51(57-52)43-29-31-45(32-30-43)56-36-23-20-17-14-11-8-3/h24-33,37-39H,6-23,34-36H2,1-5H3. The Labute approximate surface area is 345 Å². The Bertz CT molecular complexity index is 1940. The van der Waals surface area contributed by atoms with E-state index in [1.165, 1.54) is 154 Å². The molecule has 0 radical (unpaired) electrons. The summed E-state index contributed by atoms with van der Waals surface area (Å²) in [6.07, 6.45) is 25.4. The Balaban J connectivity index is 1.37. The second-order valence-electron chi connectivity index (χ2n) is 17.0. The summed E-state index contributed by atoms with van der Waals surface area (Å²) in [5.41, 5.74) is 12.5. The number of rotatable bonds is 25. The molecule has 4 heteroatoms. The lowest BCUT2D eigenvalue weighted by Gasteiger charge is -2.33. The van der Waals surface area contributed by atoms with E-state index < -0.39 is 0 Å². The zero-order valence-corrected chi connectivity index (χ0v) is 36.1. The zero-order chi connectivity index (χ0) is 39.9. The van der Waals surface area contributed by atoms with Crippen LogP contribution >= 0.6 is 0 Å². The zero-order valence-electron chi connectivity index (χ0n) is 36.1. The minimum Gasteiger partial charge on any atom is -0.494 e. The number of fused-ring (bicyclic) bond motifs is 3. The molecular weight excluding hydrogens is 697 g/mol. The first-order valence-electron chi connectivity index (χ1n) is 22.9. The normalized spacial score (nSPS) is 12.9. The van der Waals surface area contributed by atoms with Crippen LogP contribution in [-0.4, -0.2) is 16.8 Å². The van der Waals surface area contributed by atoms with Crippen LogP contribution in [0.15, 0.2) is 83.3 Å². The molecular formula is C53H70N2O2. The Morgan fingerprint density at radius 3 is 1.65 bits per heavy atom. The number of unbranched alkanes of at least 4 members (excludes halogenated alkanes) is 15. The van der Waals surface area contributed by atoms with Crippen LogP contribution < -0.4 is 4.74 Å². The minimum absolute atomic E-state index is 0.0597. The number of aryl methyl sites for hydroxylation is 2. The van der Waals surface area contributed by atoms with E-state index in [-0.39, 0.29) is 5.41 Å². The molecule has 0 fully saturated rings. The maximum Gasteiger partial charge on any atom is 0.248 e. The predicted octanol–water partition coefficient (Wildman–Crippen LogP) is 16.2. The summed E-state index contributed by atoms with van der Waals surface area (Å²) >= 11 is 0. The molecule has 304 valence electrons. The maximum absolute atomic E-state index is 6.69. The van der Waals surface area contributed by atoms with Gasteiger partial charge in [-0.1, -0.05) is 184 Å². The Hall–Kier alpha value is -4.18. The van der Waals surface area contributed by atoms with Crippen LogP contribution in [0.1, 0.15) is 171 Å². The van der Waals surface area contributed by atoms with Crippen LogP contribution in [0.5, 0.6) is 5.75 Å². The van der Waals surface area contributed by atoms with E-state index in [1.54, 1.807) is 0 Å². The van der Waals surface area contributed by atoms with Gasteiger partial charge in [-0.25, -0.2) is 0 Å². The van der Waals surface area contributed by atoms with Crippen LogP contribution in [0.4, 0.5) is 0 Å². The van der Waals surface area contributed by atoms with Gasteiger partial charge in [-0.05, 0) is 103 Å². The van der Waals surface area contributed by atoms with Gasteiger partial charge in [0.1, 0.15) is 5.75 Å². The first-order chi connectivity index (χ1) is 28.0. The third-order valence-electron chi connectivity index (χ3n) is 12.4. The van der Waals surface area contributed by atoms with E-state index in [0.717, 1.165) is 42.7 Å². The summed E-state index contributed by atoms with van der Waals surface area (Å²) in [7, 11) is 0. The second kappa shape index (κ2) is 21.5. The van der Waals surface area contributed by atoms with Crippen molar-refractivity contribution in [3.63, 3.8) is 0 Å². The lowest BCUT2D eigenvalue weighted by atomic mass is 9.70. The largest absolute Gasteiger partial charge is 0.494 e. The van der Waals surface area contributed by atoms with Crippen molar-refractivity contribution in [1.82, 2.24) is 10.2 Å².